The lowest BCUT2D eigenvalue weighted by molar-refractivity contribution is -0.147. The van der Waals surface area contributed by atoms with Crippen molar-refractivity contribution in [2.24, 2.45) is 5.14 Å². The summed E-state index contributed by atoms with van der Waals surface area (Å²) in [5.74, 6) is -1.19. The Labute approximate surface area is 153 Å². The molecule has 1 aromatic heterocycles. The van der Waals surface area contributed by atoms with E-state index in [1.165, 1.54) is 28.8 Å². The molecule has 0 saturated heterocycles. The van der Waals surface area contributed by atoms with Gasteiger partial charge in [-0.25, -0.2) is 13.6 Å². The van der Waals surface area contributed by atoms with E-state index in [0.717, 1.165) is 17.0 Å². The Bertz CT molecular complexity index is 960. The number of aryl methyl sites for hydroxylation is 1. The van der Waals surface area contributed by atoms with Crippen LogP contribution in [0, 0.1) is 6.92 Å². The molecule has 9 nitrogen and oxygen atoms in total. The number of amides is 1. The maximum atomic E-state index is 11.8. The predicted molar refractivity (Wildman–Crippen MR) is 95.3 cm³/mol. The molecule has 2 aromatic rings. The fraction of sp³-hybridized carbons (Fsp3) is 0.267. The number of primary sulfonamides is 1. The molecule has 0 radical (unpaired) electrons. The van der Waals surface area contributed by atoms with Gasteiger partial charge in [-0.2, -0.15) is 0 Å². The number of carbonyl (C=O) groups excluding carboxylic acids is 2. The van der Waals surface area contributed by atoms with Crippen LogP contribution in [-0.2, 0) is 30.9 Å². The summed E-state index contributed by atoms with van der Waals surface area (Å²) in [7, 11) is -3.81. The van der Waals surface area contributed by atoms with E-state index in [1.54, 1.807) is 12.3 Å². The second-order valence-corrected chi connectivity index (χ2v) is 7.70. The van der Waals surface area contributed by atoms with Crippen LogP contribution in [-0.4, -0.2) is 31.5 Å². The lowest BCUT2D eigenvalue weighted by Gasteiger charge is -2.08. The number of carbonyl (C=O) groups is 2. The van der Waals surface area contributed by atoms with Crippen LogP contribution in [0.25, 0.3) is 0 Å². The van der Waals surface area contributed by atoms with Crippen LogP contribution in [0.15, 0.2) is 39.3 Å². The van der Waals surface area contributed by atoms with Crippen LogP contribution in [0.4, 0.5) is 5.69 Å². The molecule has 0 aliphatic heterocycles. The number of esters is 1. The van der Waals surface area contributed by atoms with Crippen molar-refractivity contribution in [3.8, 4) is 0 Å². The van der Waals surface area contributed by atoms with Crippen LogP contribution in [0.3, 0.4) is 0 Å². The molecule has 0 saturated carbocycles. The molecule has 0 spiro atoms. The van der Waals surface area contributed by atoms with Gasteiger partial charge in [0.15, 0.2) is 6.61 Å². The number of ether oxygens (including phenoxy) is 1. The number of hydrogen-bond donors (Lipinski definition) is 2. The molecule has 11 heteroatoms. The van der Waals surface area contributed by atoms with Crippen molar-refractivity contribution >= 4 is 38.9 Å². The Morgan fingerprint density at radius 3 is 2.46 bits per heavy atom. The van der Waals surface area contributed by atoms with Gasteiger partial charge in [0, 0.05) is 23.3 Å². The molecule has 0 fully saturated rings. The molecule has 1 aromatic carbocycles. The highest BCUT2D eigenvalue weighted by molar-refractivity contribution is 7.89. The fourth-order valence-electron chi connectivity index (χ4n) is 2.02. The van der Waals surface area contributed by atoms with Gasteiger partial charge in [-0.3, -0.25) is 14.4 Å². The van der Waals surface area contributed by atoms with Crippen molar-refractivity contribution in [3.63, 3.8) is 0 Å². The normalized spacial score (nSPS) is 11.2. The number of nitrogens with one attached hydrogen (secondary N) is 1. The maximum Gasteiger partial charge on any atom is 0.308 e. The molecule has 0 unspecified atom stereocenters. The smallest absolute Gasteiger partial charge is 0.308 e. The van der Waals surface area contributed by atoms with Crippen molar-refractivity contribution in [1.29, 1.82) is 0 Å². The number of rotatable bonds is 7. The Hall–Kier alpha value is -2.50. The highest BCUT2D eigenvalue weighted by Crippen LogP contribution is 2.12. The highest BCUT2D eigenvalue weighted by Gasteiger charge is 2.11. The summed E-state index contributed by atoms with van der Waals surface area (Å²) in [4.78, 5) is 34.7. The zero-order chi connectivity index (χ0) is 19.3. The van der Waals surface area contributed by atoms with Crippen molar-refractivity contribution in [2.45, 2.75) is 24.8 Å². The molecule has 3 N–H and O–H groups in total. The molecule has 2 rings (SSSR count). The molecular formula is C15H17N3O6S2. The number of aromatic nitrogens is 1. The van der Waals surface area contributed by atoms with E-state index in [-0.39, 0.29) is 22.7 Å². The third-order valence-corrected chi connectivity index (χ3v) is 5.16. The standard InChI is InChI=1S/C15H17N3O6S2/c1-10-9-25-15(21)18(10)7-6-14(20)24-8-13(19)17-11-2-4-12(5-3-11)26(16,22)23/h2-5,9H,6-8H2,1H3,(H,17,19)(H2,16,22,23). The van der Waals surface area contributed by atoms with Crippen LogP contribution < -0.4 is 15.3 Å². The van der Waals surface area contributed by atoms with Gasteiger partial charge in [0.2, 0.25) is 10.0 Å². The molecule has 26 heavy (non-hydrogen) atoms. The van der Waals surface area contributed by atoms with Gasteiger partial charge in [0.25, 0.3) is 5.91 Å². The first kappa shape index (κ1) is 19.8. The van der Waals surface area contributed by atoms with Crippen molar-refractivity contribution in [3.05, 3.63) is 45.0 Å². The zero-order valence-corrected chi connectivity index (χ0v) is 15.4. The number of thiazole rings is 1. The van der Waals surface area contributed by atoms with Crippen molar-refractivity contribution < 1.29 is 22.7 Å². The summed E-state index contributed by atoms with van der Waals surface area (Å²) in [6.45, 7) is 1.45. The average molecular weight is 399 g/mol. The van der Waals surface area contributed by atoms with Gasteiger partial charge in [0.05, 0.1) is 11.3 Å². The second-order valence-electron chi connectivity index (χ2n) is 5.32. The summed E-state index contributed by atoms with van der Waals surface area (Å²) < 4.78 is 28.6. The van der Waals surface area contributed by atoms with E-state index >= 15 is 0 Å². The van der Waals surface area contributed by atoms with Gasteiger partial charge < -0.3 is 14.6 Å². The predicted octanol–water partition coefficient (Wildman–Crippen LogP) is 0.438. The lowest BCUT2D eigenvalue weighted by atomic mass is 10.3. The summed E-state index contributed by atoms with van der Waals surface area (Å²) >= 11 is 1.05. The minimum Gasteiger partial charge on any atom is -0.456 e. The maximum absolute atomic E-state index is 11.8. The van der Waals surface area contributed by atoms with E-state index in [2.05, 4.69) is 5.32 Å². The molecule has 1 heterocycles. The van der Waals surface area contributed by atoms with E-state index in [0.29, 0.717) is 5.69 Å². The van der Waals surface area contributed by atoms with E-state index < -0.39 is 28.5 Å². The third kappa shape index (κ3) is 5.51. The van der Waals surface area contributed by atoms with Crippen LogP contribution in [0.5, 0.6) is 0 Å². The Morgan fingerprint density at radius 1 is 1.27 bits per heavy atom. The molecule has 0 aliphatic carbocycles. The highest BCUT2D eigenvalue weighted by atomic mass is 32.2. The van der Waals surface area contributed by atoms with Crippen molar-refractivity contribution in [1.82, 2.24) is 4.57 Å². The summed E-state index contributed by atoms with van der Waals surface area (Å²) in [6, 6.07) is 5.23. The summed E-state index contributed by atoms with van der Waals surface area (Å²) in [6.07, 6.45) is -0.0339. The first-order valence-corrected chi connectivity index (χ1v) is 9.82. The fourth-order valence-corrected chi connectivity index (χ4v) is 3.30. The molecule has 140 valence electrons. The molecule has 0 bridgehead atoms. The number of nitrogens with zero attached hydrogens (tertiary/aromatic N) is 1. The van der Waals surface area contributed by atoms with E-state index in [1.807, 2.05) is 0 Å². The number of anilines is 1. The van der Waals surface area contributed by atoms with Crippen LogP contribution in [0.1, 0.15) is 12.1 Å². The van der Waals surface area contributed by atoms with E-state index in [9.17, 15) is 22.8 Å². The van der Waals surface area contributed by atoms with Crippen molar-refractivity contribution in [2.75, 3.05) is 11.9 Å². The number of benzene rings is 1. The second kappa shape index (κ2) is 8.25. The van der Waals surface area contributed by atoms with Gasteiger partial charge in [-0.15, -0.1) is 0 Å². The number of sulfonamides is 1. The molecule has 1 amide bonds. The molecular weight excluding hydrogens is 382 g/mol. The Balaban J connectivity index is 1.79. The Morgan fingerprint density at radius 2 is 1.92 bits per heavy atom. The largest absolute Gasteiger partial charge is 0.456 e. The SMILES string of the molecule is Cc1csc(=O)n1CCC(=O)OCC(=O)Nc1ccc(S(N)(=O)=O)cc1. The van der Waals surface area contributed by atoms with E-state index in [4.69, 9.17) is 9.88 Å². The number of nitrogens with two attached hydrogens (primary N) is 1. The molecule has 0 atom stereocenters. The van der Waals surface area contributed by atoms with Gasteiger partial charge in [-0.05, 0) is 31.2 Å². The third-order valence-electron chi connectivity index (χ3n) is 3.35. The first-order valence-electron chi connectivity index (χ1n) is 7.40. The topological polar surface area (TPSA) is 138 Å². The monoisotopic (exact) mass is 399 g/mol. The summed E-state index contributed by atoms with van der Waals surface area (Å²) in [5.41, 5.74) is 1.09. The molecule has 0 aliphatic rings. The first-order chi connectivity index (χ1) is 12.2. The summed E-state index contributed by atoms with van der Waals surface area (Å²) in [5, 5.41) is 9.13. The Kier molecular flexibility index (Phi) is 6.29. The number of hydrogen-bond acceptors (Lipinski definition) is 7. The van der Waals surface area contributed by atoms with Crippen LogP contribution in [0.2, 0.25) is 0 Å². The zero-order valence-electron chi connectivity index (χ0n) is 13.8. The van der Waals surface area contributed by atoms with Gasteiger partial charge in [0.1, 0.15) is 0 Å². The average Bonchev–Trinajstić information content (AvgIpc) is 2.89. The minimum absolute atomic E-state index is 0.0339. The quantitative estimate of drug-likeness (QED) is 0.648. The minimum atomic E-state index is -3.81. The lowest BCUT2D eigenvalue weighted by Crippen LogP contribution is -2.23. The van der Waals surface area contributed by atoms with Crippen LogP contribution >= 0.6 is 11.3 Å². The van der Waals surface area contributed by atoms with Gasteiger partial charge >= 0.3 is 10.8 Å². The van der Waals surface area contributed by atoms with Gasteiger partial charge in [-0.1, -0.05) is 11.3 Å².